The molecular formula is C32H27FN6O4S. The number of aromatic nitrogens is 4. The summed E-state index contributed by atoms with van der Waals surface area (Å²) < 4.78 is 49.6. The number of H-pyrrole nitrogens is 1. The summed E-state index contributed by atoms with van der Waals surface area (Å²) in [6, 6.07) is 21.1. The Hall–Kier alpha value is -5.49. The monoisotopic (exact) mass is 610 g/mol. The number of benzene rings is 3. The molecule has 0 aliphatic carbocycles. The standard InChI is InChI=1S/C32H27FN6O4S/c1-18-13-21-15-27(37-26(21)16-25(18)38-44(41,42)30-10-6-7-20(3)36-30)31(40)23-17-35-39(32(23)34)28-12-11-22(14-19(28)2)43-29-9-5-4-8-24(29)33/h4-17,37-38H,34H2,1-3H3. The molecule has 12 heteroatoms. The van der Waals surface area contributed by atoms with Crippen molar-refractivity contribution in [1.29, 1.82) is 0 Å². The third-order valence-corrected chi connectivity index (χ3v) is 8.37. The third-order valence-electron chi connectivity index (χ3n) is 7.10. The predicted molar refractivity (Wildman–Crippen MR) is 165 cm³/mol. The van der Waals surface area contributed by atoms with Gasteiger partial charge in [-0.25, -0.2) is 14.1 Å². The summed E-state index contributed by atoms with van der Waals surface area (Å²) in [5, 5.41) is 4.98. The zero-order valence-electron chi connectivity index (χ0n) is 23.9. The zero-order valence-corrected chi connectivity index (χ0v) is 24.7. The first-order chi connectivity index (χ1) is 21.0. The fourth-order valence-electron chi connectivity index (χ4n) is 4.85. The van der Waals surface area contributed by atoms with Gasteiger partial charge in [0.1, 0.15) is 11.6 Å². The Kier molecular flexibility index (Phi) is 7.14. The number of nitrogen functional groups attached to an aromatic ring is 1. The van der Waals surface area contributed by atoms with E-state index in [9.17, 15) is 17.6 Å². The molecule has 0 unspecified atom stereocenters. The number of aryl methyl sites for hydroxylation is 3. The number of carbonyl (C=O) groups excluding carboxylic acids is 1. The van der Waals surface area contributed by atoms with Crippen molar-refractivity contribution in [2.24, 2.45) is 0 Å². The lowest BCUT2D eigenvalue weighted by atomic mass is 10.1. The van der Waals surface area contributed by atoms with Crippen LogP contribution in [0, 0.1) is 26.6 Å². The summed E-state index contributed by atoms with van der Waals surface area (Å²) >= 11 is 0. The summed E-state index contributed by atoms with van der Waals surface area (Å²) in [5.41, 5.74) is 10.4. The average Bonchev–Trinajstić information content (AvgIpc) is 3.57. The van der Waals surface area contributed by atoms with E-state index >= 15 is 0 Å². The summed E-state index contributed by atoms with van der Waals surface area (Å²) in [6.07, 6.45) is 1.39. The Balaban J connectivity index is 1.26. The number of nitrogens with two attached hydrogens (primary N) is 1. The van der Waals surface area contributed by atoms with Crippen molar-refractivity contribution in [2.75, 3.05) is 10.5 Å². The largest absolute Gasteiger partial charge is 0.454 e. The van der Waals surface area contributed by atoms with Crippen LogP contribution in [-0.4, -0.2) is 33.9 Å². The first-order valence-electron chi connectivity index (χ1n) is 13.5. The molecule has 0 saturated carbocycles. The van der Waals surface area contributed by atoms with E-state index in [2.05, 4.69) is 19.8 Å². The van der Waals surface area contributed by atoms with Crippen molar-refractivity contribution >= 4 is 38.2 Å². The second-order valence-corrected chi connectivity index (χ2v) is 12.0. The number of fused-ring (bicyclic) bond motifs is 1. The molecule has 0 aliphatic heterocycles. The van der Waals surface area contributed by atoms with E-state index in [0.29, 0.717) is 33.9 Å². The molecular weight excluding hydrogens is 583 g/mol. The Morgan fingerprint density at radius 2 is 1.77 bits per heavy atom. The first-order valence-corrected chi connectivity index (χ1v) is 15.0. The summed E-state index contributed by atoms with van der Waals surface area (Å²) in [6.45, 7) is 5.31. The molecule has 4 N–H and O–H groups in total. The maximum atomic E-state index is 14.0. The summed E-state index contributed by atoms with van der Waals surface area (Å²) in [7, 11) is -3.93. The number of pyridine rings is 1. The molecule has 10 nitrogen and oxygen atoms in total. The SMILES string of the molecule is Cc1cccc(S(=O)(=O)Nc2cc3[nH]c(C(=O)c4cnn(-c5ccc(Oc6ccccc6F)cc5C)c4N)cc3cc2C)n1. The number of ether oxygens (including phenoxy) is 1. The normalized spacial score (nSPS) is 11.5. The van der Waals surface area contributed by atoms with Gasteiger partial charge in [-0.05, 0) is 92.6 Å². The Morgan fingerprint density at radius 3 is 2.52 bits per heavy atom. The van der Waals surface area contributed by atoms with Crippen molar-refractivity contribution in [2.45, 2.75) is 25.8 Å². The lowest BCUT2D eigenvalue weighted by Gasteiger charge is -2.12. The van der Waals surface area contributed by atoms with Crippen LogP contribution in [0.4, 0.5) is 15.9 Å². The van der Waals surface area contributed by atoms with Crippen LogP contribution in [0.1, 0.15) is 32.9 Å². The molecule has 3 aromatic heterocycles. The number of nitrogens with zero attached hydrogens (tertiary/aromatic N) is 3. The number of aromatic amines is 1. The lowest BCUT2D eigenvalue weighted by molar-refractivity contribution is 0.103. The Morgan fingerprint density at radius 1 is 0.977 bits per heavy atom. The zero-order chi connectivity index (χ0) is 31.2. The molecule has 6 aromatic rings. The maximum Gasteiger partial charge on any atom is 0.279 e. The smallest absolute Gasteiger partial charge is 0.279 e. The number of ketones is 1. The number of nitrogens with one attached hydrogen (secondary N) is 2. The number of para-hydroxylation sites is 1. The highest BCUT2D eigenvalue weighted by atomic mass is 32.2. The van der Waals surface area contributed by atoms with Gasteiger partial charge in [-0.3, -0.25) is 9.52 Å². The van der Waals surface area contributed by atoms with Gasteiger partial charge in [-0.2, -0.15) is 13.5 Å². The van der Waals surface area contributed by atoms with E-state index in [4.69, 9.17) is 10.5 Å². The first kappa shape index (κ1) is 28.6. The lowest BCUT2D eigenvalue weighted by Crippen LogP contribution is -2.15. The topological polar surface area (TPSA) is 145 Å². The minimum Gasteiger partial charge on any atom is -0.454 e. The van der Waals surface area contributed by atoms with Gasteiger partial charge in [0.25, 0.3) is 10.0 Å². The van der Waals surface area contributed by atoms with Crippen LogP contribution in [0.15, 0.2) is 90.1 Å². The molecule has 6 rings (SSSR count). The summed E-state index contributed by atoms with van der Waals surface area (Å²) in [4.78, 5) is 20.7. The highest BCUT2D eigenvalue weighted by molar-refractivity contribution is 7.92. The van der Waals surface area contributed by atoms with Crippen LogP contribution in [0.5, 0.6) is 11.5 Å². The fourth-order valence-corrected chi connectivity index (χ4v) is 5.98. The second-order valence-electron chi connectivity index (χ2n) is 10.3. The molecule has 3 heterocycles. The van der Waals surface area contributed by atoms with Gasteiger partial charge < -0.3 is 15.5 Å². The molecule has 0 radical (unpaired) electrons. The molecule has 0 saturated heterocycles. The number of rotatable bonds is 8. The highest BCUT2D eigenvalue weighted by Gasteiger charge is 2.22. The number of hydrogen-bond donors (Lipinski definition) is 3. The van der Waals surface area contributed by atoms with Gasteiger partial charge in [0, 0.05) is 16.6 Å². The van der Waals surface area contributed by atoms with Crippen molar-refractivity contribution in [3.05, 3.63) is 119 Å². The Labute approximate surface area is 252 Å². The molecule has 0 spiro atoms. The molecule has 44 heavy (non-hydrogen) atoms. The van der Waals surface area contributed by atoms with Gasteiger partial charge >= 0.3 is 0 Å². The molecule has 0 atom stereocenters. The number of carbonyl (C=O) groups is 1. The molecule has 0 fully saturated rings. The van der Waals surface area contributed by atoms with Crippen LogP contribution in [0.2, 0.25) is 0 Å². The average molecular weight is 611 g/mol. The van der Waals surface area contributed by atoms with E-state index < -0.39 is 15.8 Å². The minimum atomic E-state index is -3.93. The number of hydrogen-bond acceptors (Lipinski definition) is 7. The molecule has 3 aromatic carbocycles. The second kappa shape index (κ2) is 11.0. The van der Waals surface area contributed by atoms with Crippen LogP contribution in [0.3, 0.4) is 0 Å². The number of halogens is 1. The van der Waals surface area contributed by atoms with E-state index in [-0.39, 0.29) is 33.6 Å². The molecule has 0 bridgehead atoms. The van der Waals surface area contributed by atoms with Gasteiger partial charge in [0.15, 0.2) is 16.6 Å². The quantitative estimate of drug-likeness (QED) is 0.174. The Bertz CT molecular complexity index is 2190. The van der Waals surface area contributed by atoms with Crippen molar-refractivity contribution in [1.82, 2.24) is 19.7 Å². The van der Waals surface area contributed by atoms with Crippen LogP contribution >= 0.6 is 0 Å². The van der Waals surface area contributed by atoms with Gasteiger partial charge in [0.2, 0.25) is 5.78 Å². The molecule has 0 aliphatic rings. The number of sulfonamides is 1. The highest BCUT2D eigenvalue weighted by Crippen LogP contribution is 2.30. The van der Waals surface area contributed by atoms with E-state index in [0.717, 1.165) is 10.9 Å². The van der Waals surface area contributed by atoms with Gasteiger partial charge in [0.05, 0.1) is 28.8 Å². The van der Waals surface area contributed by atoms with Gasteiger partial charge in [-0.1, -0.05) is 18.2 Å². The number of anilines is 2. The predicted octanol–water partition coefficient (Wildman–Crippen LogP) is 6.22. The van der Waals surface area contributed by atoms with E-state index in [1.54, 1.807) is 74.5 Å². The van der Waals surface area contributed by atoms with Crippen LogP contribution < -0.4 is 15.2 Å². The van der Waals surface area contributed by atoms with Gasteiger partial charge in [-0.15, -0.1) is 0 Å². The van der Waals surface area contributed by atoms with Crippen LogP contribution in [0.25, 0.3) is 16.6 Å². The summed E-state index contributed by atoms with van der Waals surface area (Å²) in [5.74, 6) is -0.186. The minimum absolute atomic E-state index is 0.0886. The van der Waals surface area contributed by atoms with Crippen LogP contribution in [-0.2, 0) is 10.0 Å². The van der Waals surface area contributed by atoms with Crippen molar-refractivity contribution in [3.63, 3.8) is 0 Å². The van der Waals surface area contributed by atoms with E-state index in [1.165, 1.54) is 29.1 Å². The molecule has 222 valence electrons. The van der Waals surface area contributed by atoms with Crippen molar-refractivity contribution in [3.8, 4) is 17.2 Å². The van der Waals surface area contributed by atoms with Crippen molar-refractivity contribution < 1.29 is 22.3 Å². The van der Waals surface area contributed by atoms with E-state index in [1.807, 2.05) is 6.92 Å². The molecule has 0 amide bonds. The third kappa shape index (κ3) is 5.38. The fraction of sp³-hybridized carbons (Fsp3) is 0.0938. The maximum absolute atomic E-state index is 14.0.